The number of carbonyl (C=O) groups is 3. The smallest absolute Gasteiger partial charge is 0.335 e. The number of amides is 2. The van der Waals surface area contributed by atoms with E-state index in [4.69, 9.17) is 16.2 Å². The molecule has 1 spiro atoms. The summed E-state index contributed by atoms with van der Waals surface area (Å²) in [5, 5.41) is 19.7. The number of rotatable bonds is 4. The van der Waals surface area contributed by atoms with Crippen LogP contribution in [0.25, 0.3) is 0 Å². The lowest BCUT2D eigenvalue weighted by molar-refractivity contribution is -0.151. The van der Waals surface area contributed by atoms with Crippen LogP contribution in [0.4, 0.5) is 5.69 Å². The third-order valence-electron chi connectivity index (χ3n) is 8.09. The Hall–Kier alpha value is -3.88. The second-order valence-electron chi connectivity index (χ2n) is 10.2. The fourth-order valence-corrected chi connectivity index (χ4v) is 6.02. The molecule has 1 saturated carbocycles. The summed E-state index contributed by atoms with van der Waals surface area (Å²) in [7, 11) is 0. The Morgan fingerprint density at radius 3 is 2.31 bits per heavy atom. The number of carbonyl (C=O) groups excluding carboxylic acids is 2. The van der Waals surface area contributed by atoms with Crippen LogP contribution >= 0.6 is 0 Å². The van der Waals surface area contributed by atoms with E-state index in [0.29, 0.717) is 18.7 Å². The van der Waals surface area contributed by atoms with Crippen molar-refractivity contribution in [3.8, 4) is 0 Å². The lowest BCUT2D eigenvalue weighted by Crippen LogP contribution is -2.55. The Labute approximate surface area is 209 Å². The zero-order valence-electron chi connectivity index (χ0n) is 20.1. The molecule has 0 radical (unpaired) electrons. The number of hydrogen-bond acceptors (Lipinski definition) is 4. The SMILES string of the molecule is N=C(N)N1CCC2(CC1)CC(C(=O)N1CCc3ccccc3C1C(=O)Nc1ccc(C(=O)O)cc1)C2. The first kappa shape index (κ1) is 23.8. The van der Waals surface area contributed by atoms with Crippen molar-refractivity contribution < 1.29 is 19.5 Å². The molecule has 9 nitrogen and oxygen atoms in total. The van der Waals surface area contributed by atoms with Gasteiger partial charge < -0.3 is 26.0 Å². The van der Waals surface area contributed by atoms with Gasteiger partial charge in [0.15, 0.2) is 5.96 Å². The van der Waals surface area contributed by atoms with E-state index in [1.54, 1.807) is 17.0 Å². The molecular formula is C27H31N5O4. The van der Waals surface area contributed by atoms with E-state index >= 15 is 0 Å². The van der Waals surface area contributed by atoms with E-state index in [1.165, 1.54) is 12.1 Å². The lowest BCUT2D eigenvalue weighted by atomic mass is 9.57. The van der Waals surface area contributed by atoms with Crippen LogP contribution in [0.3, 0.4) is 0 Å². The Balaban J connectivity index is 1.32. The van der Waals surface area contributed by atoms with Crippen molar-refractivity contribution in [2.45, 2.75) is 38.1 Å². The molecule has 1 aliphatic carbocycles. The molecule has 9 heteroatoms. The first-order valence-corrected chi connectivity index (χ1v) is 12.4. The maximum Gasteiger partial charge on any atom is 0.335 e. The van der Waals surface area contributed by atoms with Gasteiger partial charge in [-0.2, -0.15) is 0 Å². The third-order valence-corrected chi connectivity index (χ3v) is 8.09. The van der Waals surface area contributed by atoms with Gasteiger partial charge in [-0.1, -0.05) is 24.3 Å². The van der Waals surface area contributed by atoms with Gasteiger partial charge >= 0.3 is 5.97 Å². The van der Waals surface area contributed by atoms with Gasteiger partial charge in [-0.15, -0.1) is 0 Å². The summed E-state index contributed by atoms with van der Waals surface area (Å²) >= 11 is 0. The van der Waals surface area contributed by atoms with Crippen LogP contribution in [0.1, 0.15) is 53.2 Å². The molecule has 3 aliphatic rings. The van der Waals surface area contributed by atoms with Crippen molar-refractivity contribution in [2.24, 2.45) is 17.1 Å². The summed E-state index contributed by atoms with van der Waals surface area (Å²) in [6.07, 6.45) is 4.16. The van der Waals surface area contributed by atoms with Gasteiger partial charge in [-0.25, -0.2) is 4.79 Å². The van der Waals surface area contributed by atoms with Gasteiger partial charge in [0.25, 0.3) is 5.91 Å². The fourth-order valence-electron chi connectivity index (χ4n) is 6.02. The molecule has 0 bridgehead atoms. The molecule has 1 unspecified atom stereocenters. The minimum Gasteiger partial charge on any atom is -0.478 e. The maximum atomic E-state index is 13.7. The summed E-state index contributed by atoms with van der Waals surface area (Å²) < 4.78 is 0. The minimum absolute atomic E-state index is 0.0190. The molecule has 2 aromatic rings. The van der Waals surface area contributed by atoms with Crippen LogP contribution in [-0.4, -0.2) is 58.3 Å². The number of benzene rings is 2. The van der Waals surface area contributed by atoms with E-state index in [1.807, 2.05) is 29.2 Å². The lowest BCUT2D eigenvalue weighted by Gasteiger charge is -2.53. The average molecular weight is 490 g/mol. The van der Waals surface area contributed by atoms with Crippen LogP contribution in [0.15, 0.2) is 48.5 Å². The first-order chi connectivity index (χ1) is 17.3. The quantitative estimate of drug-likeness (QED) is 0.385. The maximum absolute atomic E-state index is 13.7. The number of anilines is 1. The Kier molecular flexibility index (Phi) is 6.15. The van der Waals surface area contributed by atoms with Crippen LogP contribution < -0.4 is 11.1 Å². The van der Waals surface area contributed by atoms with Gasteiger partial charge in [-0.3, -0.25) is 15.0 Å². The molecule has 2 heterocycles. The van der Waals surface area contributed by atoms with Gasteiger partial charge in [0.2, 0.25) is 5.91 Å². The molecule has 2 amide bonds. The number of guanidine groups is 1. The van der Waals surface area contributed by atoms with E-state index in [2.05, 4.69) is 5.32 Å². The molecule has 188 valence electrons. The molecule has 5 rings (SSSR count). The van der Waals surface area contributed by atoms with E-state index in [0.717, 1.165) is 49.9 Å². The highest BCUT2D eigenvalue weighted by molar-refractivity contribution is 5.99. The molecule has 2 aliphatic heterocycles. The number of hydrogen-bond donors (Lipinski definition) is 4. The Morgan fingerprint density at radius 1 is 1.00 bits per heavy atom. The molecule has 2 aromatic carbocycles. The normalized spacial score (nSPS) is 20.8. The average Bonchev–Trinajstić information content (AvgIpc) is 2.86. The van der Waals surface area contributed by atoms with E-state index < -0.39 is 12.0 Å². The zero-order valence-corrected chi connectivity index (χ0v) is 20.1. The van der Waals surface area contributed by atoms with Crippen molar-refractivity contribution in [3.05, 3.63) is 65.2 Å². The number of aromatic carboxylic acids is 1. The highest BCUT2D eigenvalue weighted by Gasteiger charge is 2.51. The van der Waals surface area contributed by atoms with E-state index in [-0.39, 0.29) is 34.7 Å². The van der Waals surface area contributed by atoms with Gasteiger partial charge in [-0.05, 0) is 72.9 Å². The molecule has 36 heavy (non-hydrogen) atoms. The topological polar surface area (TPSA) is 140 Å². The minimum atomic E-state index is -1.03. The van der Waals surface area contributed by atoms with Crippen LogP contribution in [0, 0.1) is 16.7 Å². The number of nitrogens with two attached hydrogens (primary N) is 1. The second kappa shape index (κ2) is 9.29. The van der Waals surface area contributed by atoms with Crippen LogP contribution in [-0.2, 0) is 16.0 Å². The van der Waals surface area contributed by atoms with Crippen molar-refractivity contribution in [2.75, 3.05) is 25.0 Å². The van der Waals surface area contributed by atoms with Crippen molar-refractivity contribution in [3.63, 3.8) is 0 Å². The van der Waals surface area contributed by atoms with Crippen LogP contribution in [0.5, 0.6) is 0 Å². The summed E-state index contributed by atoms with van der Waals surface area (Å²) in [6, 6.07) is 13.0. The fraction of sp³-hybridized carbons (Fsp3) is 0.407. The number of nitrogens with zero attached hydrogens (tertiary/aromatic N) is 2. The van der Waals surface area contributed by atoms with Crippen molar-refractivity contribution >= 4 is 29.4 Å². The van der Waals surface area contributed by atoms with Gasteiger partial charge in [0.05, 0.1) is 5.56 Å². The van der Waals surface area contributed by atoms with E-state index in [9.17, 15) is 14.4 Å². The Bertz CT molecular complexity index is 1190. The zero-order chi connectivity index (χ0) is 25.4. The monoisotopic (exact) mass is 489 g/mol. The summed E-state index contributed by atoms with van der Waals surface area (Å²) in [5.41, 5.74) is 8.28. The third kappa shape index (κ3) is 4.41. The number of carboxylic acids is 1. The highest BCUT2D eigenvalue weighted by Crippen LogP contribution is 2.53. The molecule has 1 saturated heterocycles. The van der Waals surface area contributed by atoms with Gasteiger partial charge in [0, 0.05) is 31.2 Å². The van der Waals surface area contributed by atoms with Gasteiger partial charge in [0.1, 0.15) is 6.04 Å². The number of nitrogens with one attached hydrogen (secondary N) is 2. The summed E-state index contributed by atoms with van der Waals surface area (Å²) in [4.78, 5) is 42.0. The molecular weight excluding hydrogens is 458 g/mol. The second-order valence-corrected chi connectivity index (χ2v) is 10.2. The largest absolute Gasteiger partial charge is 0.478 e. The molecule has 1 atom stereocenters. The number of likely N-dealkylation sites (tertiary alicyclic amines) is 1. The number of fused-ring (bicyclic) bond motifs is 1. The summed E-state index contributed by atoms with van der Waals surface area (Å²) in [5.74, 6) is -1.32. The van der Waals surface area contributed by atoms with Crippen LogP contribution in [0.2, 0.25) is 0 Å². The van der Waals surface area contributed by atoms with Crippen molar-refractivity contribution in [1.82, 2.24) is 9.80 Å². The molecule has 0 aromatic heterocycles. The van der Waals surface area contributed by atoms with Crippen molar-refractivity contribution in [1.29, 1.82) is 5.41 Å². The molecule has 5 N–H and O–H groups in total. The standard InChI is InChI=1S/C27H31N5O4/c28-26(29)31-13-10-27(11-14-31)15-19(16-27)24(34)32-12-9-17-3-1-2-4-21(17)22(32)23(33)30-20-7-5-18(6-8-20)25(35)36/h1-8,19,22H,9-16H2,(H3,28,29)(H,30,33)(H,35,36). The predicted molar refractivity (Wildman–Crippen MR) is 135 cm³/mol. The Morgan fingerprint density at radius 2 is 1.67 bits per heavy atom. The number of carboxylic acid groups (broad SMARTS) is 1. The molecule has 2 fully saturated rings. The number of piperidine rings is 1. The highest BCUT2D eigenvalue weighted by atomic mass is 16.4. The first-order valence-electron chi connectivity index (χ1n) is 12.4. The summed E-state index contributed by atoms with van der Waals surface area (Å²) in [6.45, 7) is 1.98. The predicted octanol–water partition coefficient (Wildman–Crippen LogP) is 2.83.